The van der Waals surface area contributed by atoms with E-state index in [0.717, 1.165) is 36.0 Å². The fraction of sp³-hybridized carbons (Fsp3) is 0.333. The zero-order valence-corrected chi connectivity index (χ0v) is 14.6. The largest absolute Gasteiger partial charge is 0.481 e. The number of hydrogen-bond donors (Lipinski definition) is 2. The van der Waals surface area contributed by atoms with Gasteiger partial charge in [-0.3, -0.25) is 9.59 Å². The highest BCUT2D eigenvalue weighted by molar-refractivity contribution is 5.81. The lowest BCUT2D eigenvalue weighted by Gasteiger charge is -2.19. The van der Waals surface area contributed by atoms with E-state index in [1.807, 2.05) is 30.3 Å². The second-order valence-electron chi connectivity index (χ2n) is 6.14. The van der Waals surface area contributed by atoms with E-state index in [4.69, 9.17) is 5.11 Å². The van der Waals surface area contributed by atoms with E-state index in [9.17, 15) is 9.59 Å². The number of carbonyl (C=O) groups excluding carboxylic acids is 1. The molecule has 4 nitrogen and oxygen atoms in total. The summed E-state index contributed by atoms with van der Waals surface area (Å²) >= 11 is 0. The Morgan fingerprint density at radius 3 is 2.20 bits per heavy atom. The van der Waals surface area contributed by atoms with Crippen LogP contribution in [0.3, 0.4) is 0 Å². The Morgan fingerprint density at radius 1 is 0.960 bits per heavy atom. The summed E-state index contributed by atoms with van der Waals surface area (Å²) in [6, 6.07) is 18.3. The first kappa shape index (κ1) is 18.7. The third kappa shape index (κ3) is 6.07. The maximum absolute atomic E-state index is 12.0. The number of carboxylic acid groups (broad SMARTS) is 1. The van der Waals surface area contributed by atoms with Gasteiger partial charge >= 0.3 is 5.97 Å². The van der Waals surface area contributed by atoms with Crippen molar-refractivity contribution >= 4 is 11.9 Å². The molecule has 0 bridgehead atoms. The van der Waals surface area contributed by atoms with Crippen LogP contribution in [0.2, 0.25) is 0 Å². The van der Waals surface area contributed by atoms with Gasteiger partial charge in [0.2, 0.25) is 5.91 Å². The Hall–Kier alpha value is -2.62. The first-order chi connectivity index (χ1) is 12.1. The molecule has 25 heavy (non-hydrogen) atoms. The number of carboxylic acids is 1. The summed E-state index contributed by atoms with van der Waals surface area (Å²) in [6.07, 6.45) is 2.77. The summed E-state index contributed by atoms with van der Waals surface area (Å²) in [6.45, 7) is 2.11. The van der Waals surface area contributed by atoms with Crippen molar-refractivity contribution in [1.82, 2.24) is 5.32 Å². The molecule has 0 aromatic heterocycles. The van der Waals surface area contributed by atoms with Crippen LogP contribution >= 0.6 is 0 Å². The van der Waals surface area contributed by atoms with Gasteiger partial charge in [-0.1, -0.05) is 74.4 Å². The van der Waals surface area contributed by atoms with Crippen molar-refractivity contribution in [2.24, 2.45) is 0 Å². The predicted octanol–water partition coefficient (Wildman–Crippen LogP) is 4.57. The first-order valence-corrected chi connectivity index (χ1v) is 8.76. The van der Waals surface area contributed by atoms with Crippen molar-refractivity contribution in [3.05, 3.63) is 60.2 Å². The molecule has 0 aliphatic carbocycles. The quantitative estimate of drug-likeness (QED) is 0.703. The van der Waals surface area contributed by atoms with Gasteiger partial charge in [-0.2, -0.15) is 0 Å². The van der Waals surface area contributed by atoms with Crippen molar-refractivity contribution in [3.63, 3.8) is 0 Å². The van der Waals surface area contributed by atoms with E-state index >= 15 is 0 Å². The zero-order valence-electron chi connectivity index (χ0n) is 14.6. The maximum Gasteiger partial charge on any atom is 0.303 e. The smallest absolute Gasteiger partial charge is 0.303 e. The molecule has 2 aromatic carbocycles. The van der Waals surface area contributed by atoms with Gasteiger partial charge in [-0.05, 0) is 23.1 Å². The van der Waals surface area contributed by atoms with E-state index in [1.54, 1.807) is 0 Å². The summed E-state index contributed by atoms with van der Waals surface area (Å²) in [5.74, 6) is -1.16. The molecule has 1 amide bonds. The Kier molecular flexibility index (Phi) is 7.20. The van der Waals surface area contributed by atoms with E-state index < -0.39 is 5.97 Å². The highest BCUT2D eigenvalue weighted by Gasteiger charge is 2.15. The molecule has 0 saturated heterocycles. The van der Waals surface area contributed by atoms with Crippen LogP contribution < -0.4 is 5.32 Å². The number of unbranched alkanes of at least 4 members (excludes halogenated alkanes) is 1. The van der Waals surface area contributed by atoms with Crippen molar-refractivity contribution < 1.29 is 14.7 Å². The molecule has 2 aromatic rings. The average Bonchev–Trinajstić information content (AvgIpc) is 2.64. The highest BCUT2D eigenvalue weighted by atomic mass is 16.4. The fourth-order valence-corrected chi connectivity index (χ4v) is 2.76. The molecule has 2 N–H and O–H groups in total. The van der Waals surface area contributed by atoms with Crippen molar-refractivity contribution in [2.75, 3.05) is 0 Å². The number of amides is 1. The fourth-order valence-electron chi connectivity index (χ4n) is 2.76. The molecular formula is C21H25NO3. The van der Waals surface area contributed by atoms with Crippen LogP contribution in [0.5, 0.6) is 0 Å². The molecular weight excluding hydrogens is 314 g/mol. The lowest BCUT2D eigenvalue weighted by molar-refractivity contribution is -0.138. The van der Waals surface area contributed by atoms with E-state index in [-0.39, 0.29) is 24.8 Å². The van der Waals surface area contributed by atoms with Crippen LogP contribution in [0.1, 0.15) is 50.6 Å². The minimum atomic E-state index is -0.951. The number of aliphatic carboxylic acids is 1. The van der Waals surface area contributed by atoms with Crippen LogP contribution in [-0.4, -0.2) is 17.0 Å². The molecule has 0 radical (unpaired) electrons. The van der Waals surface area contributed by atoms with Gasteiger partial charge in [0.1, 0.15) is 0 Å². The summed E-state index contributed by atoms with van der Waals surface area (Å²) in [5.41, 5.74) is 3.34. The third-order valence-corrected chi connectivity index (χ3v) is 4.17. The Morgan fingerprint density at radius 2 is 1.60 bits per heavy atom. The molecule has 1 atom stereocenters. The number of hydrogen-bond acceptors (Lipinski definition) is 2. The van der Waals surface area contributed by atoms with Gasteiger partial charge in [0.25, 0.3) is 0 Å². The molecule has 1 unspecified atom stereocenters. The summed E-state index contributed by atoms with van der Waals surface area (Å²) < 4.78 is 0. The normalized spacial score (nSPS) is 11.7. The van der Waals surface area contributed by atoms with Crippen molar-refractivity contribution in [2.45, 2.75) is 45.1 Å². The molecule has 132 valence electrons. The highest BCUT2D eigenvalue weighted by Crippen LogP contribution is 2.24. The average molecular weight is 339 g/mol. The lowest BCUT2D eigenvalue weighted by Crippen LogP contribution is -2.28. The maximum atomic E-state index is 12.0. The molecule has 2 rings (SSSR count). The van der Waals surface area contributed by atoms with Gasteiger partial charge in [-0.25, -0.2) is 0 Å². The van der Waals surface area contributed by atoms with Crippen LogP contribution in [0.25, 0.3) is 11.1 Å². The van der Waals surface area contributed by atoms with Crippen LogP contribution in [-0.2, 0) is 9.59 Å². The Balaban J connectivity index is 2.08. The Labute approximate surface area is 148 Å². The SMILES string of the molecule is CCCCC(NC(=O)CCC(=O)O)c1ccc(-c2ccccc2)cc1. The third-order valence-electron chi connectivity index (χ3n) is 4.17. The minimum Gasteiger partial charge on any atom is -0.481 e. The zero-order chi connectivity index (χ0) is 18.1. The van der Waals surface area contributed by atoms with Gasteiger partial charge < -0.3 is 10.4 Å². The second kappa shape index (κ2) is 9.62. The van der Waals surface area contributed by atoms with Gasteiger partial charge in [0, 0.05) is 6.42 Å². The van der Waals surface area contributed by atoms with E-state index in [1.165, 1.54) is 0 Å². The number of benzene rings is 2. The summed E-state index contributed by atoms with van der Waals surface area (Å²) in [4.78, 5) is 22.6. The van der Waals surface area contributed by atoms with Crippen molar-refractivity contribution in [3.8, 4) is 11.1 Å². The summed E-state index contributed by atoms with van der Waals surface area (Å²) in [7, 11) is 0. The molecule has 0 fully saturated rings. The molecule has 0 heterocycles. The second-order valence-corrected chi connectivity index (χ2v) is 6.14. The lowest BCUT2D eigenvalue weighted by atomic mass is 9.97. The van der Waals surface area contributed by atoms with Crippen molar-refractivity contribution in [1.29, 1.82) is 0 Å². The van der Waals surface area contributed by atoms with Gasteiger partial charge in [-0.15, -0.1) is 0 Å². The molecule has 0 aliphatic heterocycles. The minimum absolute atomic E-state index is 0.0139. The van der Waals surface area contributed by atoms with E-state index in [2.05, 4.69) is 36.5 Å². The topological polar surface area (TPSA) is 66.4 Å². The van der Waals surface area contributed by atoms with Crippen LogP contribution in [0.15, 0.2) is 54.6 Å². The first-order valence-electron chi connectivity index (χ1n) is 8.76. The summed E-state index contributed by atoms with van der Waals surface area (Å²) in [5, 5.41) is 11.7. The molecule has 4 heteroatoms. The number of rotatable bonds is 9. The van der Waals surface area contributed by atoms with Crippen LogP contribution in [0.4, 0.5) is 0 Å². The van der Waals surface area contributed by atoms with E-state index in [0.29, 0.717) is 0 Å². The monoisotopic (exact) mass is 339 g/mol. The number of carbonyl (C=O) groups is 2. The Bertz CT molecular complexity index is 680. The van der Waals surface area contributed by atoms with Gasteiger partial charge in [0.05, 0.1) is 12.5 Å². The van der Waals surface area contributed by atoms with Crippen LogP contribution in [0, 0.1) is 0 Å². The molecule has 0 aliphatic rings. The molecule has 0 spiro atoms. The van der Waals surface area contributed by atoms with Gasteiger partial charge in [0.15, 0.2) is 0 Å². The standard InChI is InChI=1S/C21H25NO3/c1-2-3-9-19(22-20(23)14-15-21(24)25)18-12-10-17(11-13-18)16-7-5-4-6-8-16/h4-8,10-13,19H,2-3,9,14-15H2,1H3,(H,22,23)(H,24,25). The predicted molar refractivity (Wildman–Crippen MR) is 99.2 cm³/mol. The number of nitrogens with one attached hydrogen (secondary N) is 1. The molecule has 0 saturated carbocycles.